The molecule has 0 bridgehead atoms. The summed E-state index contributed by atoms with van der Waals surface area (Å²) < 4.78 is 1.79. The second-order valence-electron chi connectivity index (χ2n) is 8.77. The Labute approximate surface area is 199 Å². The van der Waals surface area contributed by atoms with E-state index in [0.29, 0.717) is 12.4 Å². The molecule has 0 radical (unpaired) electrons. The number of para-hydroxylation sites is 1. The number of carbonyl (C=O) groups is 1. The van der Waals surface area contributed by atoms with Crippen LogP contribution in [0.15, 0.2) is 72.8 Å². The van der Waals surface area contributed by atoms with Gasteiger partial charge in [-0.1, -0.05) is 48.5 Å². The van der Waals surface area contributed by atoms with Crippen molar-refractivity contribution < 1.29 is 4.79 Å². The monoisotopic (exact) mass is 452 g/mol. The van der Waals surface area contributed by atoms with Crippen LogP contribution >= 0.6 is 0 Å². The van der Waals surface area contributed by atoms with Crippen LogP contribution in [-0.2, 0) is 4.79 Å². The van der Waals surface area contributed by atoms with Crippen LogP contribution in [0.3, 0.4) is 0 Å². The second kappa shape index (κ2) is 9.47. The summed E-state index contributed by atoms with van der Waals surface area (Å²) in [5.74, 6) is 1.40. The molecule has 1 aliphatic heterocycles. The molecule has 0 aliphatic carbocycles. The van der Waals surface area contributed by atoms with Crippen LogP contribution in [-0.4, -0.2) is 39.0 Å². The van der Waals surface area contributed by atoms with Crippen molar-refractivity contribution in [2.75, 3.05) is 23.3 Å². The standard InChI is InChI=1S/C27H28N6O/c1-19-17-20(2)33(31-19)26-15-14-25(29-30-26)32-16-8-11-22(18-32)27(34)28-24-13-7-6-12-23(24)21-9-4-3-5-10-21/h3-7,9-10,12-15,17,22H,8,11,16,18H2,1-2H3,(H,28,34). The number of hydrogen-bond donors (Lipinski definition) is 1. The molecule has 3 heterocycles. The molecule has 1 unspecified atom stereocenters. The number of nitrogens with one attached hydrogen (secondary N) is 1. The minimum atomic E-state index is -0.116. The van der Waals surface area contributed by atoms with Gasteiger partial charge in [-0.15, -0.1) is 10.2 Å². The number of aryl methyl sites for hydroxylation is 2. The quantitative estimate of drug-likeness (QED) is 0.471. The van der Waals surface area contributed by atoms with Gasteiger partial charge >= 0.3 is 0 Å². The van der Waals surface area contributed by atoms with E-state index in [4.69, 9.17) is 0 Å². The Morgan fingerprint density at radius 2 is 1.68 bits per heavy atom. The van der Waals surface area contributed by atoms with Gasteiger partial charge in [-0.3, -0.25) is 4.79 Å². The Balaban J connectivity index is 1.29. The van der Waals surface area contributed by atoms with Gasteiger partial charge in [-0.05, 0) is 56.5 Å². The van der Waals surface area contributed by atoms with Crippen LogP contribution in [0.1, 0.15) is 24.2 Å². The molecule has 172 valence electrons. The average molecular weight is 453 g/mol. The molecule has 7 heteroatoms. The summed E-state index contributed by atoms with van der Waals surface area (Å²) in [4.78, 5) is 15.4. The summed E-state index contributed by atoms with van der Waals surface area (Å²) in [6, 6.07) is 24.0. The number of hydrogen-bond acceptors (Lipinski definition) is 5. The number of carbonyl (C=O) groups excluding carboxylic acids is 1. The predicted octanol–water partition coefficient (Wildman–Crippen LogP) is 4.80. The fraction of sp³-hybridized carbons (Fsp3) is 0.259. The summed E-state index contributed by atoms with van der Waals surface area (Å²) in [5.41, 5.74) is 4.91. The molecule has 5 rings (SSSR count). The number of rotatable bonds is 5. The third-order valence-corrected chi connectivity index (χ3v) is 6.25. The maximum Gasteiger partial charge on any atom is 0.229 e. The largest absolute Gasteiger partial charge is 0.354 e. The molecule has 1 amide bonds. The van der Waals surface area contributed by atoms with Crippen LogP contribution in [0.2, 0.25) is 0 Å². The molecule has 7 nitrogen and oxygen atoms in total. The lowest BCUT2D eigenvalue weighted by molar-refractivity contribution is -0.120. The van der Waals surface area contributed by atoms with Crippen molar-refractivity contribution >= 4 is 17.4 Å². The van der Waals surface area contributed by atoms with E-state index in [2.05, 4.69) is 37.6 Å². The van der Waals surface area contributed by atoms with Gasteiger partial charge in [0.05, 0.1) is 11.6 Å². The van der Waals surface area contributed by atoms with Crippen molar-refractivity contribution in [2.45, 2.75) is 26.7 Å². The first kappa shape index (κ1) is 21.8. The van der Waals surface area contributed by atoms with Gasteiger partial charge in [0.15, 0.2) is 11.6 Å². The highest BCUT2D eigenvalue weighted by atomic mass is 16.1. The number of anilines is 2. The predicted molar refractivity (Wildman–Crippen MR) is 134 cm³/mol. The van der Waals surface area contributed by atoms with Crippen molar-refractivity contribution in [2.24, 2.45) is 5.92 Å². The van der Waals surface area contributed by atoms with Crippen LogP contribution in [0.25, 0.3) is 16.9 Å². The molecule has 1 atom stereocenters. The van der Waals surface area contributed by atoms with Crippen molar-refractivity contribution in [1.29, 1.82) is 0 Å². The zero-order chi connectivity index (χ0) is 23.5. The number of piperidine rings is 1. The molecule has 34 heavy (non-hydrogen) atoms. The van der Waals surface area contributed by atoms with Crippen molar-refractivity contribution in [3.8, 4) is 16.9 Å². The Bertz CT molecular complexity index is 1280. The van der Waals surface area contributed by atoms with Gasteiger partial charge in [0.25, 0.3) is 0 Å². The van der Waals surface area contributed by atoms with E-state index in [0.717, 1.165) is 53.4 Å². The van der Waals surface area contributed by atoms with Gasteiger partial charge in [-0.25, -0.2) is 4.68 Å². The summed E-state index contributed by atoms with van der Waals surface area (Å²) in [7, 11) is 0. The van der Waals surface area contributed by atoms with Gasteiger partial charge in [0.1, 0.15) is 0 Å². The van der Waals surface area contributed by atoms with E-state index in [1.165, 1.54) is 0 Å². The molecule has 1 fully saturated rings. The first-order valence-corrected chi connectivity index (χ1v) is 11.7. The fourth-order valence-electron chi connectivity index (χ4n) is 4.56. The van der Waals surface area contributed by atoms with Gasteiger partial charge in [0.2, 0.25) is 5.91 Å². The molecule has 2 aromatic heterocycles. The summed E-state index contributed by atoms with van der Waals surface area (Å²) >= 11 is 0. The lowest BCUT2D eigenvalue weighted by Gasteiger charge is -2.32. The Morgan fingerprint density at radius 3 is 2.41 bits per heavy atom. The van der Waals surface area contributed by atoms with Crippen LogP contribution in [0, 0.1) is 19.8 Å². The third-order valence-electron chi connectivity index (χ3n) is 6.25. The van der Waals surface area contributed by atoms with Crippen molar-refractivity contribution in [1.82, 2.24) is 20.0 Å². The maximum absolute atomic E-state index is 13.2. The first-order chi connectivity index (χ1) is 16.6. The van der Waals surface area contributed by atoms with E-state index >= 15 is 0 Å². The highest BCUT2D eigenvalue weighted by Crippen LogP contribution is 2.29. The Kier molecular flexibility index (Phi) is 6.08. The molecule has 4 aromatic rings. The lowest BCUT2D eigenvalue weighted by atomic mass is 9.96. The van der Waals surface area contributed by atoms with Gasteiger partial charge in [0, 0.05) is 30.0 Å². The van der Waals surface area contributed by atoms with Gasteiger partial charge in [-0.2, -0.15) is 5.10 Å². The summed E-state index contributed by atoms with van der Waals surface area (Å²) in [6.45, 7) is 5.44. The molecule has 0 spiro atoms. The first-order valence-electron chi connectivity index (χ1n) is 11.7. The molecule has 1 aliphatic rings. The van der Waals surface area contributed by atoms with Crippen LogP contribution in [0.5, 0.6) is 0 Å². The van der Waals surface area contributed by atoms with E-state index in [1.54, 1.807) is 4.68 Å². The van der Waals surface area contributed by atoms with Crippen LogP contribution in [0.4, 0.5) is 11.5 Å². The minimum absolute atomic E-state index is 0.0419. The van der Waals surface area contributed by atoms with E-state index in [9.17, 15) is 4.79 Å². The fourth-order valence-corrected chi connectivity index (χ4v) is 4.56. The van der Waals surface area contributed by atoms with Crippen LogP contribution < -0.4 is 10.2 Å². The molecular weight excluding hydrogens is 424 g/mol. The second-order valence-corrected chi connectivity index (χ2v) is 8.77. The zero-order valence-corrected chi connectivity index (χ0v) is 19.5. The van der Waals surface area contributed by atoms with E-state index < -0.39 is 0 Å². The average Bonchev–Trinajstić information content (AvgIpc) is 3.22. The summed E-state index contributed by atoms with van der Waals surface area (Å²) in [5, 5.41) is 16.5. The number of benzene rings is 2. The SMILES string of the molecule is Cc1cc(C)n(-c2ccc(N3CCCC(C(=O)Nc4ccccc4-c4ccccc4)C3)nn2)n1. The lowest BCUT2D eigenvalue weighted by Crippen LogP contribution is -2.41. The Hall–Kier alpha value is -4.00. The summed E-state index contributed by atoms with van der Waals surface area (Å²) in [6.07, 6.45) is 1.78. The molecule has 2 aromatic carbocycles. The molecule has 1 saturated heterocycles. The highest BCUT2D eigenvalue weighted by molar-refractivity contribution is 5.97. The van der Waals surface area contributed by atoms with Gasteiger partial charge < -0.3 is 10.2 Å². The van der Waals surface area contributed by atoms with Crippen molar-refractivity contribution in [3.05, 3.63) is 84.2 Å². The smallest absolute Gasteiger partial charge is 0.229 e. The van der Waals surface area contributed by atoms with E-state index in [1.807, 2.05) is 74.5 Å². The molecule has 1 N–H and O–H groups in total. The molecular formula is C27H28N6O. The van der Waals surface area contributed by atoms with Crippen molar-refractivity contribution in [3.63, 3.8) is 0 Å². The topological polar surface area (TPSA) is 75.9 Å². The van der Waals surface area contributed by atoms with E-state index in [-0.39, 0.29) is 11.8 Å². The zero-order valence-electron chi connectivity index (χ0n) is 19.5. The Morgan fingerprint density at radius 1 is 0.941 bits per heavy atom. The molecule has 0 saturated carbocycles. The number of aromatic nitrogens is 4. The number of nitrogens with zero attached hydrogens (tertiary/aromatic N) is 5. The third kappa shape index (κ3) is 4.55. The number of amides is 1. The minimum Gasteiger partial charge on any atom is -0.354 e. The normalized spacial score (nSPS) is 15.8. The maximum atomic E-state index is 13.2. The highest BCUT2D eigenvalue weighted by Gasteiger charge is 2.27.